The van der Waals surface area contributed by atoms with E-state index in [9.17, 15) is 9.59 Å². The van der Waals surface area contributed by atoms with E-state index in [0.717, 1.165) is 5.69 Å². The Hall–Kier alpha value is -0.960. The Bertz CT molecular complexity index is 681. The van der Waals surface area contributed by atoms with Gasteiger partial charge in [-0.2, -0.15) is 11.8 Å². The molecule has 1 amide bonds. The minimum Gasteiger partial charge on any atom is -0.348 e. The Morgan fingerprint density at radius 2 is 1.88 bits per heavy atom. The quantitative estimate of drug-likeness (QED) is 0.748. The SMILES string of the molecule is CSC(C)(C)[C@H](N)C(=O)N1CCc2nc(N(C)C)[nH]c(=O)c2CC1.Cl.Cl. The Morgan fingerprint density at radius 3 is 2.42 bits per heavy atom. The molecule has 10 heteroatoms. The smallest absolute Gasteiger partial charge is 0.255 e. The van der Waals surface area contributed by atoms with E-state index in [2.05, 4.69) is 9.97 Å². The predicted molar refractivity (Wildman–Crippen MR) is 113 cm³/mol. The molecule has 7 nitrogen and oxygen atoms in total. The topological polar surface area (TPSA) is 95.3 Å². The van der Waals surface area contributed by atoms with E-state index in [1.165, 1.54) is 0 Å². The largest absolute Gasteiger partial charge is 0.348 e. The highest BCUT2D eigenvalue weighted by Crippen LogP contribution is 2.26. The summed E-state index contributed by atoms with van der Waals surface area (Å²) in [6.07, 6.45) is 3.03. The van der Waals surface area contributed by atoms with Gasteiger partial charge in [0.05, 0.1) is 11.7 Å². The number of rotatable bonds is 4. The van der Waals surface area contributed by atoms with Crippen molar-refractivity contribution < 1.29 is 4.79 Å². The Balaban J connectivity index is 0.00000312. The zero-order valence-electron chi connectivity index (χ0n) is 15.9. The molecular formula is C16H29Cl2N5O2S. The van der Waals surface area contributed by atoms with Crippen molar-refractivity contribution in [1.29, 1.82) is 0 Å². The van der Waals surface area contributed by atoms with Gasteiger partial charge in [0.15, 0.2) is 0 Å². The van der Waals surface area contributed by atoms with Crippen LogP contribution in [0.1, 0.15) is 25.1 Å². The molecule has 1 atom stereocenters. The number of fused-ring (bicyclic) bond motifs is 1. The van der Waals surface area contributed by atoms with Gasteiger partial charge in [-0.3, -0.25) is 14.6 Å². The summed E-state index contributed by atoms with van der Waals surface area (Å²) < 4.78 is -0.329. The van der Waals surface area contributed by atoms with Gasteiger partial charge in [0.25, 0.3) is 5.56 Å². The summed E-state index contributed by atoms with van der Waals surface area (Å²) >= 11 is 1.58. The second-order valence-electron chi connectivity index (χ2n) is 6.82. The first-order chi connectivity index (χ1) is 11.2. The van der Waals surface area contributed by atoms with Crippen molar-refractivity contribution in [3.63, 3.8) is 0 Å². The zero-order chi connectivity index (χ0) is 18.1. The second kappa shape index (κ2) is 9.82. The summed E-state index contributed by atoms with van der Waals surface area (Å²) in [5.74, 6) is 0.477. The number of carbonyl (C=O) groups excluding carboxylic acids is 1. The van der Waals surface area contributed by atoms with E-state index in [4.69, 9.17) is 5.73 Å². The van der Waals surface area contributed by atoms with Crippen LogP contribution < -0.4 is 16.2 Å². The van der Waals surface area contributed by atoms with Crippen LogP contribution in [-0.2, 0) is 17.6 Å². The molecule has 0 fully saturated rings. The molecule has 3 N–H and O–H groups in total. The first kappa shape index (κ1) is 25.0. The van der Waals surface area contributed by atoms with Crippen molar-refractivity contribution in [2.45, 2.75) is 37.5 Å². The van der Waals surface area contributed by atoms with Crippen LogP contribution in [-0.4, -0.2) is 65.0 Å². The highest BCUT2D eigenvalue weighted by molar-refractivity contribution is 8.00. The van der Waals surface area contributed by atoms with Crippen molar-refractivity contribution in [1.82, 2.24) is 14.9 Å². The normalized spacial score (nSPS) is 15.1. The first-order valence-corrected chi connectivity index (χ1v) is 9.28. The molecule has 2 heterocycles. The fourth-order valence-electron chi connectivity index (χ4n) is 2.65. The van der Waals surface area contributed by atoms with Gasteiger partial charge in [-0.05, 0) is 26.5 Å². The average Bonchev–Trinajstić information content (AvgIpc) is 2.76. The molecule has 2 rings (SSSR count). The maximum Gasteiger partial charge on any atom is 0.255 e. The molecular weight excluding hydrogens is 397 g/mol. The van der Waals surface area contributed by atoms with Gasteiger partial charge in [-0.15, -0.1) is 24.8 Å². The van der Waals surface area contributed by atoms with Crippen LogP contribution in [0.4, 0.5) is 5.95 Å². The number of H-pyrrole nitrogens is 1. The van der Waals surface area contributed by atoms with Crippen LogP contribution in [0.15, 0.2) is 4.79 Å². The number of aromatic amines is 1. The van der Waals surface area contributed by atoms with Gasteiger partial charge >= 0.3 is 0 Å². The molecule has 0 radical (unpaired) electrons. The van der Waals surface area contributed by atoms with Gasteiger partial charge in [0.2, 0.25) is 11.9 Å². The summed E-state index contributed by atoms with van der Waals surface area (Å²) in [5, 5.41) is 0. The number of nitrogens with two attached hydrogens (primary N) is 1. The second-order valence-corrected chi connectivity index (χ2v) is 8.28. The van der Waals surface area contributed by atoms with Crippen molar-refractivity contribution in [2.75, 3.05) is 38.3 Å². The molecule has 26 heavy (non-hydrogen) atoms. The molecule has 1 aliphatic rings. The summed E-state index contributed by atoms with van der Waals surface area (Å²) in [6, 6.07) is -0.572. The molecule has 1 aromatic rings. The van der Waals surface area contributed by atoms with Gasteiger partial charge < -0.3 is 15.5 Å². The Morgan fingerprint density at radius 1 is 1.31 bits per heavy atom. The number of anilines is 1. The number of hydrogen-bond acceptors (Lipinski definition) is 6. The van der Waals surface area contributed by atoms with Crippen molar-refractivity contribution in [2.24, 2.45) is 5.73 Å². The summed E-state index contributed by atoms with van der Waals surface area (Å²) in [5.41, 5.74) is 7.51. The maximum atomic E-state index is 12.7. The summed E-state index contributed by atoms with van der Waals surface area (Å²) in [7, 11) is 3.67. The number of halogens is 2. The van der Waals surface area contributed by atoms with Gasteiger partial charge in [0, 0.05) is 43.9 Å². The Kier molecular flexibility index (Phi) is 9.46. The lowest BCUT2D eigenvalue weighted by atomic mass is 10.0. The standard InChI is InChI=1S/C16H27N5O2S.2ClH/c1-16(2,24-5)12(17)14(23)21-8-6-10-11(7-9-21)18-15(20(3)4)19-13(10)22;;/h12H,6-9,17H2,1-5H3,(H,18,19,22);2*1H/t12-;;/m1../s1. The van der Waals surface area contributed by atoms with E-state index in [1.807, 2.05) is 34.2 Å². The minimum atomic E-state index is -0.572. The van der Waals surface area contributed by atoms with E-state index in [0.29, 0.717) is 37.4 Å². The molecule has 0 saturated carbocycles. The minimum absolute atomic E-state index is 0. The molecule has 0 saturated heterocycles. The highest BCUT2D eigenvalue weighted by Gasteiger charge is 2.35. The molecule has 0 bridgehead atoms. The fraction of sp³-hybridized carbons (Fsp3) is 0.688. The third kappa shape index (κ3) is 5.28. The van der Waals surface area contributed by atoms with Crippen molar-refractivity contribution in [3.05, 3.63) is 21.6 Å². The Labute approximate surface area is 171 Å². The third-order valence-corrected chi connectivity index (χ3v) is 5.92. The molecule has 0 unspecified atom stereocenters. The van der Waals surface area contributed by atoms with Gasteiger partial charge in [-0.1, -0.05) is 0 Å². The lowest BCUT2D eigenvalue weighted by Crippen LogP contribution is -2.53. The fourth-order valence-corrected chi connectivity index (χ4v) is 3.00. The molecule has 1 aromatic heterocycles. The first-order valence-electron chi connectivity index (χ1n) is 8.06. The third-order valence-electron chi connectivity index (χ3n) is 4.62. The molecule has 0 spiro atoms. The molecule has 150 valence electrons. The van der Waals surface area contributed by atoms with Crippen LogP contribution in [0.25, 0.3) is 0 Å². The average molecular weight is 426 g/mol. The summed E-state index contributed by atoms with van der Waals surface area (Å²) in [4.78, 5) is 35.9. The van der Waals surface area contributed by atoms with Crippen LogP contribution >= 0.6 is 36.6 Å². The number of hydrogen-bond donors (Lipinski definition) is 2. The number of aromatic nitrogens is 2. The summed E-state index contributed by atoms with van der Waals surface area (Å²) in [6.45, 7) is 4.98. The van der Waals surface area contributed by atoms with Crippen LogP contribution in [0.2, 0.25) is 0 Å². The zero-order valence-corrected chi connectivity index (χ0v) is 18.3. The van der Waals surface area contributed by atoms with E-state index < -0.39 is 6.04 Å². The number of nitrogens with zero attached hydrogens (tertiary/aromatic N) is 3. The molecule has 0 aliphatic carbocycles. The van der Waals surface area contributed by atoms with Gasteiger partial charge in [0.1, 0.15) is 0 Å². The van der Waals surface area contributed by atoms with E-state index in [1.54, 1.807) is 21.6 Å². The number of amides is 1. The lowest BCUT2D eigenvalue weighted by molar-refractivity contribution is -0.133. The van der Waals surface area contributed by atoms with Crippen molar-refractivity contribution in [3.8, 4) is 0 Å². The monoisotopic (exact) mass is 425 g/mol. The molecule has 1 aliphatic heterocycles. The number of thioether (sulfide) groups is 1. The number of carbonyl (C=O) groups is 1. The maximum absolute atomic E-state index is 12.7. The van der Waals surface area contributed by atoms with Crippen molar-refractivity contribution >= 4 is 48.4 Å². The highest BCUT2D eigenvalue weighted by atomic mass is 35.5. The molecule has 0 aromatic carbocycles. The van der Waals surface area contributed by atoms with Gasteiger partial charge in [-0.25, -0.2) is 4.98 Å². The van der Waals surface area contributed by atoms with E-state index >= 15 is 0 Å². The van der Waals surface area contributed by atoms with E-state index in [-0.39, 0.29) is 41.0 Å². The van der Waals surface area contributed by atoms with Crippen LogP contribution in [0.5, 0.6) is 0 Å². The predicted octanol–water partition coefficient (Wildman–Crippen LogP) is 1.08. The lowest BCUT2D eigenvalue weighted by Gasteiger charge is -2.32. The number of nitrogens with one attached hydrogen (secondary N) is 1. The van der Waals surface area contributed by atoms with Crippen LogP contribution in [0, 0.1) is 0 Å². The van der Waals surface area contributed by atoms with Crippen LogP contribution in [0.3, 0.4) is 0 Å².